The molecule has 1 unspecified atom stereocenters. The Morgan fingerprint density at radius 1 is 1.05 bits per heavy atom. The normalized spacial score (nSPS) is 11.6. The number of hydrogen-bond donors (Lipinski definition) is 2. The van der Waals surface area contributed by atoms with Crippen LogP contribution >= 0.6 is 28.1 Å². The van der Waals surface area contributed by atoms with E-state index >= 15 is 0 Å². The van der Waals surface area contributed by atoms with Crippen LogP contribution in [0.15, 0.2) is 66.9 Å². The Bertz CT molecular complexity index is 1470. The van der Waals surface area contributed by atoms with Gasteiger partial charge in [-0.1, -0.05) is 28.1 Å². The molecule has 37 heavy (non-hydrogen) atoms. The molecule has 0 bridgehead atoms. The summed E-state index contributed by atoms with van der Waals surface area (Å²) in [6.45, 7) is 1.98. The summed E-state index contributed by atoms with van der Waals surface area (Å²) < 4.78 is 39.3. The number of nitrogens with one attached hydrogen (secondary N) is 2. The average Bonchev–Trinajstić information content (AvgIpc) is 2.86. The van der Waals surface area contributed by atoms with E-state index < -0.39 is 5.82 Å². The molecule has 1 aromatic heterocycles. The lowest BCUT2D eigenvalue weighted by molar-refractivity contribution is -0.119. The number of halogens is 3. The summed E-state index contributed by atoms with van der Waals surface area (Å²) in [6.07, 6.45) is 1.61. The van der Waals surface area contributed by atoms with Gasteiger partial charge in [0, 0.05) is 33.7 Å². The lowest BCUT2D eigenvalue weighted by atomic mass is 10.1. The van der Waals surface area contributed by atoms with Crippen molar-refractivity contribution in [1.29, 1.82) is 0 Å². The summed E-state index contributed by atoms with van der Waals surface area (Å²) in [5.74, 6) is -0.327. The van der Waals surface area contributed by atoms with Gasteiger partial charge in [-0.25, -0.2) is 8.78 Å². The number of benzene rings is 3. The van der Waals surface area contributed by atoms with E-state index in [1.54, 1.807) is 25.4 Å². The monoisotopic (exact) mass is 585 g/mol. The van der Waals surface area contributed by atoms with Crippen molar-refractivity contribution in [3.63, 3.8) is 0 Å². The van der Waals surface area contributed by atoms with E-state index in [9.17, 15) is 13.6 Å². The van der Waals surface area contributed by atoms with Gasteiger partial charge in [0.1, 0.15) is 17.3 Å². The van der Waals surface area contributed by atoms with Crippen LogP contribution in [0.4, 0.5) is 14.5 Å². The van der Waals surface area contributed by atoms with Gasteiger partial charge >= 0.3 is 0 Å². The summed E-state index contributed by atoms with van der Waals surface area (Å²) >= 11 is 8.71. The molecule has 0 fully saturated rings. The zero-order valence-corrected chi connectivity index (χ0v) is 22.3. The minimum atomic E-state index is -0.631. The maximum atomic E-state index is 14.9. The molecule has 0 saturated heterocycles. The topological polar surface area (TPSA) is 72.5 Å². The summed E-state index contributed by atoms with van der Waals surface area (Å²) in [5.41, 5.74) is 2.57. The van der Waals surface area contributed by atoms with Crippen LogP contribution in [0, 0.1) is 11.6 Å². The number of ether oxygens (including phenoxy) is 2. The molecule has 0 radical (unpaired) electrons. The Labute approximate surface area is 226 Å². The van der Waals surface area contributed by atoms with E-state index in [0.717, 1.165) is 5.56 Å². The van der Waals surface area contributed by atoms with Gasteiger partial charge in [-0.2, -0.15) is 0 Å². The maximum Gasteiger partial charge on any atom is 0.230 e. The minimum absolute atomic E-state index is 0.00113. The van der Waals surface area contributed by atoms with E-state index in [2.05, 4.69) is 31.5 Å². The molecule has 0 aliphatic rings. The number of methoxy groups -OCH3 is 1. The second-order valence-corrected chi connectivity index (χ2v) is 9.87. The highest BCUT2D eigenvalue weighted by Crippen LogP contribution is 2.38. The number of anilines is 1. The van der Waals surface area contributed by atoms with Gasteiger partial charge < -0.3 is 20.1 Å². The van der Waals surface area contributed by atoms with Crippen LogP contribution in [0.2, 0.25) is 0 Å². The van der Waals surface area contributed by atoms with E-state index in [1.165, 1.54) is 36.4 Å². The van der Waals surface area contributed by atoms with Crippen molar-refractivity contribution in [3.05, 3.63) is 89.6 Å². The molecule has 0 aliphatic carbocycles. The highest BCUT2D eigenvalue weighted by molar-refractivity contribution is 9.09. The lowest BCUT2D eigenvalue weighted by Gasteiger charge is -2.15. The summed E-state index contributed by atoms with van der Waals surface area (Å²) in [4.78, 5) is 16.6. The molecule has 4 rings (SSSR count). The van der Waals surface area contributed by atoms with Crippen molar-refractivity contribution in [2.75, 3.05) is 12.4 Å². The maximum absolute atomic E-state index is 14.9. The van der Waals surface area contributed by atoms with Gasteiger partial charge in [0.2, 0.25) is 5.91 Å². The molecule has 6 nitrogen and oxygen atoms in total. The van der Waals surface area contributed by atoms with Gasteiger partial charge in [0.05, 0.1) is 19.0 Å². The number of carbonyl (C=O) groups excluding carboxylic acids is 1. The molecule has 190 valence electrons. The predicted molar refractivity (Wildman–Crippen MR) is 147 cm³/mol. The lowest BCUT2D eigenvalue weighted by Crippen LogP contribution is -2.35. The van der Waals surface area contributed by atoms with Gasteiger partial charge in [-0.15, -0.1) is 0 Å². The number of thiocarbonyl (C=S) groups is 1. The van der Waals surface area contributed by atoms with E-state index in [1.807, 2.05) is 19.1 Å². The molecule has 10 heteroatoms. The molecule has 0 aliphatic heterocycles. The van der Waals surface area contributed by atoms with Crippen molar-refractivity contribution in [2.24, 2.45) is 0 Å². The number of alkyl halides is 1. The first-order valence-corrected chi connectivity index (χ1v) is 12.5. The fraction of sp³-hybridized carbons (Fsp3) is 0.148. The quantitative estimate of drug-likeness (QED) is 0.183. The number of fused-ring (bicyclic) bond motifs is 1. The first-order valence-electron chi connectivity index (χ1n) is 11.2. The van der Waals surface area contributed by atoms with Crippen LogP contribution in [-0.2, 0) is 11.2 Å². The summed E-state index contributed by atoms with van der Waals surface area (Å²) in [7, 11) is 1.58. The van der Waals surface area contributed by atoms with Gasteiger partial charge in [-0.3, -0.25) is 9.78 Å². The largest absolute Gasteiger partial charge is 0.496 e. The average molecular weight is 586 g/mol. The van der Waals surface area contributed by atoms with Crippen molar-refractivity contribution in [3.8, 4) is 17.2 Å². The van der Waals surface area contributed by atoms with Crippen molar-refractivity contribution in [1.82, 2.24) is 10.3 Å². The number of carbonyl (C=O) groups is 1. The fourth-order valence-corrected chi connectivity index (χ4v) is 4.23. The van der Waals surface area contributed by atoms with E-state index in [4.69, 9.17) is 21.7 Å². The number of aromatic nitrogens is 1. The van der Waals surface area contributed by atoms with Gasteiger partial charge in [0.15, 0.2) is 16.7 Å². The predicted octanol–water partition coefficient (Wildman–Crippen LogP) is 6.83. The smallest absolute Gasteiger partial charge is 0.230 e. The second-order valence-electron chi connectivity index (χ2n) is 8.09. The molecule has 1 heterocycles. The van der Waals surface area contributed by atoms with E-state index in [0.29, 0.717) is 33.7 Å². The number of rotatable bonds is 7. The highest BCUT2D eigenvalue weighted by atomic mass is 79.9. The molecule has 1 atom stereocenters. The first-order chi connectivity index (χ1) is 17.7. The SMILES string of the molecule is COc1cc2c(Oc3ccc(NC(=S)NC(=O)Cc4ccc(F)cc4)cc3F)ccnc2cc1C(C)Br. The summed E-state index contributed by atoms with van der Waals surface area (Å²) in [5, 5.41) is 5.97. The van der Waals surface area contributed by atoms with Crippen LogP contribution < -0.4 is 20.1 Å². The molecular formula is C27H22BrF2N3O3S. The van der Waals surface area contributed by atoms with E-state index in [-0.39, 0.29) is 33.8 Å². The van der Waals surface area contributed by atoms with Crippen LogP contribution in [0.5, 0.6) is 17.2 Å². The Morgan fingerprint density at radius 2 is 1.81 bits per heavy atom. The molecular weight excluding hydrogens is 564 g/mol. The minimum Gasteiger partial charge on any atom is -0.496 e. The number of amides is 1. The fourth-order valence-electron chi connectivity index (χ4n) is 3.64. The third kappa shape index (κ3) is 6.58. The zero-order chi connectivity index (χ0) is 26.5. The number of hydrogen-bond acceptors (Lipinski definition) is 5. The molecule has 1 amide bonds. The van der Waals surface area contributed by atoms with Crippen molar-refractivity contribution < 1.29 is 23.0 Å². The molecule has 4 aromatic rings. The molecule has 0 saturated carbocycles. The number of pyridine rings is 1. The van der Waals surface area contributed by atoms with Crippen LogP contribution in [0.1, 0.15) is 22.9 Å². The molecule has 0 spiro atoms. The van der Waals surface area contributed by atoms with Gasteiger partial charge in [-0.05, 0) is 67.2 Å². The second kappa shape index (κ2) is 11.6. The Hall–Kier alpha value is -3.63. The van der Waals surface area contributed by atoms with Gasteiger partial charge in [0.25, 0.3) is 0 Å². The van der Waals surface area contributed by atoms with Crippen LogP contribution in [0.3, 0.4) is 0 Å². The molecule has 3 aromatic carbocycles. The highest BCUT2D eigenvalue weighted by Gasteiger charge is 2.15. The Balaban J connectivity index is 1.45. The Morgan fingerprint density at radius 3 is 2.49 bits per heavy atom. The first kappa shape index (κ1) is 26.4. The van der Waals surface area contributed by atoms with Crippen molar-refractivity contribution in [2.45, 2.75) is 18.2 Å². The Kier molecular flexibility index (Phi) is 8.30. The standard InChI is InChI=1S/C27H22BrF2N3O3S/c1-15(28)19-13-22-20(14-25(19)35-2)23(9-10-31-22)36-24-8-7-18(12-21(24)30)32-27(37)33-26(34)11-16-3-5-17(29)6-4-16/h3-10,12-15H,11H2,1-2H3,(H2,32,33,34,37). The van der Waals surface area contributed by atoms with Crippen LogP contribution in [-0.4, -0.2) is 23.1 Å². The molecule has 2 N–H and O–H groups in total. The number of nitrogens with zero attached hydrogens (tertiary/aromatic N) is 1. The third-order valence-corrected chi connectivity index (χ3v) is 6.12. The van der Waals surface area contributed by atoms with Crippen molar-refractivity contribution >= 4 is 55.8 Å². The third-order valence-electron chi connectivity index (χ3n) is 5.42. The zero-order valence-electron chi connectivity index (χ0n) is 19.8. The van der Waals surface area contributed by atoms with Crippen LogP contribution in [0.25, 0.3) is 10.9 Å². The summed E-state index contributed by atoms with van der Waals surface area (Å²) in [6, 6.07) is 15.2.